The molecule has 1 nitrogen and oxygen atoms in total. The number of hydrogen-bond acceptors (Lipinski definition) is 1. The first-order chi connectivity index (χ1) is 7.66. The highest BCUT2D eigenvalue weighted by Crippen LogP contribution is 2.35. The first kappa shape index (κ1) is 11.9. The van der Waals surface area contributed by atoms with Gasteiger partial charge in [0.25, 0.3) is 0 Å². The summed E-state index contributed by atoms with van der Waals surface area (Å²) in [5.41, 5.74) is 7.55. The van der Waals surface area contributed by atoms with Crippen LogP contribution in [0, 0.1) is 11.8 Å². The summed E-state index contributed by atoms with van der Waals surface area (Å²) < 4.78 is 0. The van der Waals surface area contributed by atoms with Crippen LogP contribution in [0.15, 0.2) is 24.3 Å². The summed E-state index contributed by atoms with van der Waals surface area (Å²) in [5, 5.41) is 0.785. The molecule has 0 aromatic heterocycles. The molecule has 1 aliphatic rings. The Labute approximate surface area is 103 Å². The maximum Gasteiger partial charge on any atom is 0.0406 e. The van der Waals surface area contributed by atoms with Crippen molar-refractivity contribution in [1.82, 2.24) is 0 Å². The summed E-state index contributed by atoms with van der Waals surface area (Å²) in [4.78, 5) is 0. The van der Waals surface area contributed by atoms with Crippen LogP contribution < -0.4 is 5.73 Å². The Kier molecular flexibility index (Phi) is 3.88. The predicted octanol–water partition coefficient (Wildman–Crippen LogP) is 4.17. The molecular weight excluding hydrogens is 218 g/mol. The normalized spacial score (nSPS) is 27.7. The average molecular weight is 238 g/mol. The lowest BCUT2D eigenvalue weighted by Crippen LogP contribution is -2.25. The molecule has 1 unspecified atom stereocenters. The third kappa shape index (κ3) is 2.78. The van der Waals surface area contributed by atoms with Gasteiger partial charge in [-0.05, 0) is 42.4 Å². The molecule has 16 heavy (non-hydrogen) atoms. The monoisotopic (exact) mass is 237 g/mol. The average Bonchev–Trinajstić information content (AvgIpc) is 2.30. The van der Waals surface area contributed by atoms with Gasteiger partial charge in [0.05, 0.1) is 0 Å². The van der Waals surface area contributed by atoms with Crippen LogP contribution in [0.1, 0.15) is 44.2 Å². The van der Waals surface area contributed by atoms with Crippen molar-refractivity contribution in [1.29, 1.82) is 0 Å². The third-order valence-electron chi connectivity index (χ3n) is 3.82. The molecule has 0 aliphatic heterocycles. The summed E-state index contributed by atoms with van der Waals surface area (Å²) in [6.07, 6.45) is 5.19. The molecule has 1 saturated carbocycles. The minimum atomic E-state index is 0.185. The molecule has 2 rings (SSSR count). The van der Waals surface area contributed by atoms with Gasteiger partial charge in [0.2, 0.25) is 0 Å². The van der Waals surface area contributed by atoms with Crippen LogP contribution >= 0.6 is 11.6 Å². The molecule has 0 radical (unpaired) electrons. The van der Waals surface area contributed by atoms with Gasteiger partial charge in [-0.3, -0.25) is 0 Å². The Bertz CT molecular complexity index is 325. The Hall–Kier alpha value is -0.530. The zero-order chi connectivity index (χ0) is 11.5. The summed E-state index contributed by atoms with van der Waals surface area (Å²) in [5.74, 6) is 1.53. The molecule has 1 aromatic rings. The second-order valence-corrected chi connectivity index (χ2v) is 5.53. The van der Waals surface area contributed by atoms with E-state index in [4.69, 9.17) is 17.3 Å². The molecule has 1 aromatic carbocycles. The van der Waals surface area contributed by atoms with Crippen LogP contribution in [-0.4, -0.2) is 0 Å². The van der Waals surface area contributed by atoms with E-state index in [0.29, 0.717) is 5.92 Å². The Morgan fingerprint density at radius 1 is 1.12 bits per heavy atom. The molecule has 2 heteroatoms. The molecule has 1 atom stereocenters. The molecule has 1 fully saturated rings. The molecule has 0 amide bonds. The standard InChI is InChI=1S/C14H20ClN/c1-10-2-4-11(5-3-10)14(16)12-6-8-13(15)9-7-12/h6-11,14H,2-5,16H2,1H3. The fourth-order valence-electron chi connectivity index (χ4n) is 2.60. The molecule has 2 N–H and O–H groups in total. The number of nitrogens with two attached hydrogens (primary N) is 1. The van der Waals surface area contributed by atoms with E-state index in [-0.39, 0.29) is 6.04 Å². The van der Waals surface area contributed by atoms with Gasteiger partial charge < -0.3 is 5.73 Å². The SMILES string of the molecule is CC1CCC(C(N)c2ccc(Cl)cc2)CC1. The number of hydrogen-bond donors (Lipinski definition) is 1. The number of halogens is 1. The van der Waals surface area contributed by atoms with E-state index in [1.54, 1.807) is 0 Å². The van der Waals surface area contributed by atoms with E-state index in [9.17, 15) is 0 Å². The van der Waals surface area contributed by atoms with Crippen molar-refractivity contribution in [3.8, 4) is 0 Å². The lowest BCUT2D eigenvalue weighted by Gasteiger charge is -2.30. The van der Waals surface area contributed by atoms with Crippen molar-refractivity contribution in [3.05, 3.63) is 34.9 Å². The highest BCUT2D eigenvalue weighted by molar-refractivity contribution is 6.30. The Morgan fingerprint density at radius 2 is 1.69 bits per heavy atom. The van der Waals surface area contributed by atoms with Crippen LogP contribution in [0.4, 0.5) is 0 Å². The largest absolute Gasteiger partial charge is 0.324 e. The first-order valence-corrected chi connectivity index (χ1v) is 6.55. The van der Waals surface area contributed by atoms with Gasteiger partial charge >= 0.3 is 0 Å². The van der Waals surface area contributed by atoms with Crippen molar-refractivity contribution in [2.24, 2.45) is 17.6 Å². The quantitative estimate of drug-likeness (QED) is 0.821. The van der Waals surface area contributed by atoms with Crippen molar-refractivity contribution in [2.45, 2.75) is 38.6 Å². The summed E-state index contributed by atoms with van der Waals surface area (Å²) in [6.45, 7) is 2.34. The van der Waals surface area contributed by atoms with Gasteiger partial charge in [0.15, 0.2) is 0 Å². The second-order valence-electron chi connectivity index (χ2n) is 5.10. The van der Waals surface area contributed by atoms with E-state index >= 15 is 0 Å². The van der Waals surface area contributed by atoms with Crippen molar-refractivity contribution in [3.63, 3.8) is 0 Å². The first-order valence-electron chi connectivity index (χ1n) is 6.18. The van der Waals surface area contributed by atoms with E-state index in [0.717, 1.165) is 10.9 Å². The highest BCUT2D eigenvalue weighted by atomic mass is 35.5. The van der Waals surface area contributed by atoms with Gasteiger partial charge in [-0.25, -0.2) is 0 Å². The van der Waals surface area contributed by atoms with Gasteiger partial charge in [-0.1, -0.05) is 43.5 Å². The maximum absolute atomic E-state index is 6.32. The lowest BCUT2D eigenvalue weighted by atomic mass is 9.78. The summed E-state index contributed by atoms with van der Waals surface area (Å²) >= 11 is 5.88. The molecule has 88 valence electrons. The minimum Gasteiger partial charge on any atom is -0.324 e. The zero-order valence-electron chi connectivity index (χ0n) is 9.83. The fraction of sp³-hybridized carbons (Fsp3) is 0.571. The maximum atomic E-state index is 6.32. The predicted molar refractivity (Wildman–Crippen MR) is 69.5 cm³/mol. The van der Waals surface area contributed by atoms with Crippen LogP contribution in [0.25, 0.3) is 0 Å². The highest BCUT2D eigenvalue weighted by Gasteiger charge is 2.24. The van der Waals surface area contributed by atoms with Crippen LogP contribution in [-0.2, 0) is 0 Å². The van der Waals surface area contributed by atoms with Crippen LogP contribution in [0.5, 0.6) is 0 Å². The van der Waals surface area contributed by atoms with E-state index < -0.39 is 0 Å². The van der Waals surface area contributed by atoms with Crippen molar-refractivity contribution >= 4 is 11.6 Å². The van der Waals surface area contributed by atoms with Crippen molar-refractivity contribution < 1.29 is 0 Å². The Morgan fingerprint density at radius 3 is 2.25 bits per heavy atom. The lowest BCUT2D eigenvalue weighted by molar-refractivity contribution is 0.256. The van der Waals surface area contributed by atoms with Gasteiger partial charge in [-0.15, -0.1) is 0 Å². The second kappa shape index (κ2) is 5.20. The smallest absolute Gasteiger partial charge is 0.0406 e. The van der Waals surface area contributed by atoms with E-state index in [2.05, 4.69) is 19.1 Å². The molecule has 0 heterocycles. The molecule has 0 saturated heterocycles. The Balaban J connectivity index is 2.01. The fourth-order valence-corrected chi connectivity index (χ4v) is 2.73. The molecule has 0 spiro atoms. The van der Waals surface area contributed by atoms with Crippen LogP contribution in [0.2, 0.25) is 5.02 Å². The minimum absolute atomic E-state index is 0.185. The number of rotatable bonds is 2. The van der Waals surface area contributed by atoms with Gasteiger partial charge in [-0.2, -0.15) is 0 Å². The van der Waals surface area contributed by atoms with Gasteiger partial charge in [0.1, 0.15) is 0 Å². The van der Waals surface area contributed by atoms with E-state index in [1.165, 1.54) is 31.2 Å². The topological polar surface area (TPSA) is 26.0 Å². The zero-order valence-corrected chi connectivity index (χ0v) is 10.6. The van der Waals surface area contributed by atoms with Gasteiger partial charge in [0, 0.05) is 11.1 Å². The van der Waals surface area contributed by atoms with Crippen LogP contribution in [0.3, 0.4) is 0 Å². The third-order valence-corrected chi connectivity index (χ3v) is 4.08. The molecule has 0 bridgehead atoms. The van der Waals surface area contributed by atoms with E-state index in [1.807, 2.05) is 12.1 Å². The molecule has 1 aliphatic carbocycles. The summed E-state index contributed by atoms with van der Waals surface area (Å²) in [6, 6.07) is 8.17. The summed E-state index contributed by atoms with van der Waals surface area (Å²) in [7, 11) is 0. The number of benzene rings is 1. The van der Waals surface area contributed by atoms with Crippen molar-refractivity contribution in [2.75, 3.05) is 0 Å². The molecular formula is C14H20ClN.